The second kappa shape index (κ2) is 13.0. The molecular formula is C51H32N4O. The fourth-order valence-electron chi connectivity index (χ4n) is 7.73. The Labute approximate surface area is 329 Å². The smallest absolute Gasteiger partial charge is 0.164 e. The third kappa shape index (κ3) is 5.37. The van der Waals surface area contributed by atoms with E-state index in [2.05, 4.69) is 83.4 Å². The van der Waals surface area contributed by atoms with Crippen LogP contribution < -0.4 is 0 Å². The Morgan fingerprint density at radius 2 is 1.04 bits per heavy atom. The van der Waals surface area contributed by atoms with Crippen molar-refractivity contribution < 1.29 is 11.3 Å². The summed E-state index contributed by atoms with van der Waals surface area (Å²) in [7, 11) is 0. The lowest BCUT2D eigenvalue weighted by molar-refractivity contribution is 0.669. The molecule has 0 saturated heterocycles. The molecule has 262 valence electrons. The van der Waals surface area contributed by atoms with Crippen LogP contribution in [0.15, 0.2) is 198 Å². The molecule has 3 heterocycles. The first kappa shape index (κ1) is 27.0. The monoisotopic (exact) mass is 721 g/mol. The zero-order valence-electron chi connectivity index (χ0n) is 34.8. The number of aromatic nitrogens is 4. The van der Waals surface area contributed by atoms with Gasteiger partial charge in [-0.2, -0.15) is 0 Å². The summed E-state index contributed by atoms with van der Waals surface area (Å²) in [5.41, 5.74) is 9.93. The van der Waals surface area contributed by atoms with Gasteiger partial charge in [0.05, 0.1) is 17.9 Å². The van der Waals surface area contributed by atoms with E-state index in [0.29, 0.717) is 34.2 Å². The van der Waals surface area contributed by atoms with Gasteiger partial charge in [-0.1, -0.05) is 145 Å². The Balaban J connectivity index is 1.02. The number of nitrogens with zero attached hydrogens (tertiary/aromatic N) is 4. The van der Waals surface area contributed by atoms with Gasteiger partial charge in [0.25, 0.3) is 0 Å². The topological polar surface area (TPSA) is 56.7 Å². The number of para-hydroxylation sites is 2. The number of hydrogen-bond acceptors (Lipinski definition) is 4. The maximum absolute atomic E-state index is 8.46. The second-order valence-electron chi connectivity index (χ2n) is 13.7. The maximum Gasteiger partial charge on any atom is 0.164 e. The van der Waals surface area contributed by atoms with E-state index in [0.717, 1.165) is 55.3 Å². The van der Waals surface area contributed by atoms with Gasteiger partial charge in [-0.15, -0.1) is 0 Å². The molecule has 0 N–H and O–H groups in total. The molecule has 0 radical (unpaired) electrons. The minimum absolute atomic E-state index is 0.136. The van der Waals surface area contributed by atoms with Crippen molar-refractivity contribution in [3.8, 4) is 62.1 Å². The molecule has 3 aromatic heterocycles. The maximum atomic E-state index is 8.46. The standard InChI is InChI=1S/C51H32N4O/c1-4-13-33(14-5-1)34-23-25-36(26-24-34)50-52-49(35-15-6-2-7-16-35)53-51(54-50)38-27-29-42-47(32-38)56-46-22-12-20-40(48(42)46)37-28-30-45-43(31-37)41-19-10-11-21-44(41)55(45)39-17-8-3-9-18-39/h1-32H/i1D,4D,5D,13D,14D. The van der Waals surface area contributed by atoms with Crippen LogP contribution in [0.3, 0.4) is 0 Å². The van der Waals surface area contributed by atoms with Crippen LogP contribution in [-0.4, -0.2) is 19.5 Å². The lowest BCUT2D eigenvalue weighted by atomic mass is 9.97. The van der Waals surface area contributed by atoms with E-state index in [9.17, 15) is 0 Å². The molecule has 0 atom stereocenters. The summed E-state index contributed by atoms with van der Waals surface area (Å²) in [5.74, 6) is 1.38. The summed E-state index contributed by atoms with van der Waals surface area (Å²) in [6.45, 7) is 0. The molecule has 5 heteroatoms. The Bertz CT molecular complexity index is 3500. The lowest BCUT2D eigenvalue weighted by Crippen LogP contribution is -2.00. The van der Waals surface area contributed by atoms with Gasteiger partial charge in [-0.25, -0.2) is 15.0 Å². The predicted molar refractivity (Wildman–Crippen MR) is 229 cm³/mol. The first-order chi connectivity index (χ1) is 29.8. The highest BCUT2D eigenvalue weighted by atomic mass is 16.3. The summed E-state index contributed by atoms with van der Waals surface area (Å²) < 4.78 is 50.1. The van der Waals surface area contributed by atoms with Crippen molar-refractivity contribution in [2.24, 2.45) is 0 Å². The third-order valence-electron chi connectivity index (χ3n) is 10.4. The van der Waals surface area contributed by atoms with Gasteiger partial charge in [0.15, 0.2) is 17.5 Å². The fraction of sp³-hybridized carbons (Fsp3) is 0. The van der Waals surface area contributed by atoms with Crippen LogP contribution in [-0.2, 0) is 0 Å². The SMILES string of the molecule is [2H]c1c([2H])c([2H])c(-c2ccc(-c3nc(-c4ccccc4)nc(-c4ccc5c(c4)oc4cccc(-c6ccc7c(c6)c6ccccc6n7-c6ccccc6)c45)n3)cc2)c([2H])c1[2H]. The summed E-state index contributed by atoms with van der Waals surface area (Å²) in [5, 5.41) is 4.36. The molecule has 0 spiro atoms. The molecule has 11 aromatic rings. The zero-order chi connectivity index (χ0) is 41.4. The van der Waals surface area contributed by atoms with Gasteiger partial charge >= 0.3 is 0 Å². The van der Waals surface area contributed by atoms with E-state index in [1.807, 2.05) is 60.7 Å². The molecule has 11 rings (SSSR count). The molecule has 0 aliphatic carbocycles. The molecular weight excluding hydrogens is 685 g/mol. The molecule has 0 unspecified atom stereocenters. The van der Waals surface area contributed by atoms with Gasteiger partial charge in [-0.05, 0) is 70.8 Å². The van der Waals surface area contributed by atoms with E-state index in [4.69, 9.17) is 26.2 Å². The first-order valence-electron chi connectivity index (χ1n) is 20.9. The second-order valence-corrected chi connectivity index (χ2v) is 13.7. The summed E-state index contributed by atoms with van der Waals surface area (Å²) >= 11 is 0. The number of rotatable bonds is 6. The number of fused-ring (bicyclic) bond motifs is 6. The summed E-state index contributed by atoms with van der Waals surface area (Å²) in [6.07, 6.45) is 0. The van der Waals surface area contributed by atoms with Crippen LogP contribution in [0.4, 0.5) is 0 Å². The van der Waals surface area contributed by atoms with Crippen molar-refractivity contribution in [3.05, 3.63) is 194 Å². The molecule has 56 heavy (non-hydrogen) atoms. The summed E-state index contributed by atoms with van der Waals surface area (Å²) in [4.78, 5) is 14.8. The van der Waals surface area contributed by atoms with Gasteiger partial charge in [0.2, 0.25) is 0 Å². The van der Waals surface area contributed by atoms with Gasteiger partial charge in [0.1, 0.15) is 11.2 Å². The van der Waals surface area contributed by atoms with E-state index < -0.39 is 6.04 Å². The van der Waals surface area contributed by atoms with Gasteiger partial charge < -0.3 is 8.98 Å². The van der Waals surface area contributed by atoms with Crippen molar-refractivity contribution in [3.63, 3.8) is 0 Å². The zero-order valence-corrected chi connectivity index (χ0v) is 29.8. The number of benzene rings is 8. The fourth-order valence-corrected chi connectivity index (χ4v) is 7.73. The summed E-state index contributed by atoms with van der Waals surface area (Å²) in [6, 6.07) is 53.0. The average Bonchev–Trinajstić information content (AvgIpc) is 3.86. The molecule has 0 bridgehead atoms. The first-order valence-corrected chi connectivity index (χ1v) is 18.4. The molecule has 5 nitrogen and oxygen atoms in total. The highest BCUT2D eigenvalue weighted by Crippen LogP contribution is 2.41. The van der Waals surface area contributed by atoms with Crippen molar-refractivity contribution in [2.45, 2.75) is 0 Å². The third-order valence-corrected chi connectivity index (χ3v) is 10.4. The van der Waals surface area contributed by atoms with Crippen LogP contribution in [0.2, 0.25) is 0 Å². The minimum atomic E-state index is -0.427. The largest absolute Gasteiger partial charge is 0.456 e. The highest BCUT2D eigenvalue weighted by molar-refractivity contribution is 6.15. The average molecular weight is 722 g/mol. The van der Waals surface area contributed by atoms with E-state index in [1.54, 1.807) is 24.3 Å². The molecule has 0 fully saturated rings. The molecule has 0 aliphatic heterocycles. The molecule has 8 aromatic carbocycles. The Kier molecular flexibility index (Phi) is 6.29. The number of furan rings is 1. The number of hydrogen-bond donors (Lipinski definition) is 0. The van der Waals surface area contributed by atoms with Crippen LogP contribution in [0.5, 0.6) is 0 Å². The Hall–Kier alpha value is -7.63. The quantitative estimate of drug-likeness (QED) is 0.172. The molecule has 0 amide bonds. The van der Waals surface area contributed by atoms with E-state index >= 15 is 0 Å². The van der Waals surface area contributed by atoms with Crippen LogP contribution in [0.1, 0.15) is 6.85 Å². The van der Waals surface area contributed by atoms with Crippen LogP contribution in [0, 0.1) is 0 Å². The van der Waals surface area contributed by atoms with Crippen molar-refractivity contribution in [1.29, 1.82) is 0 Å². The Morgan fingerprint density at radius 1 is 0.411 bits per heavy atom. The Morgan fingerprint density at radius 3 is 1.82 bits per heavy atom. The van der Waals surface area contributed by atoms with Crippen molar-refractivity contribution >= 4 is 43.7 Å². The molecule has 0 saturated carbocycles. The van der Waals surface area contributed by atoms with Gasteiger partial charge in [-0.3, -0.25) is 0 Å². The lowest BCUT2D eigenvalue weighted by Gasteiger charge is -2.09. The highest BCUT2D eigenvalue weighted by Gasteiger charge is 2.18. The van der Waals surface area contributed by atoms with Crippen molar-refractivity contribution in [2.75, 3.05) is 0 Å². The van der Waals surface area contributed by atoms with E-state index in [-0.39, 0.29) is 29.7 Å². The van der Waals surface area contributed by atoms with Crippen LogP contribution in [0.25, 0.3) is 106 Å². The van der Waals surface area contributed by atoms with Gasteiger partial charge in [0, 0.05) is 43.9 Å². The molecule has 0 aliphatic rings. The normalized spacial score (nSPS) is 12.8. The van der Waals surface area contributed by atoms with Crippen LogP contribution >= 0.6 is 0 Å². The van der Waals surface area contributed by atoms with Crippen molar-refractivity contribution in [1.82, 2.24) is 19.5 Å². The predicted octanol–water partition coefficient (Wildman–Crippen LogP) is 13.2. The van der Waals surface area contributed by atoms with E-state index in [1.165, 1.54) is 10.8 Å². The minimum Gasteiger partial charge on any atom is -0.456 e.